The van der Waals surface area contributed by atoms with E-state index in [9.17, 15) is 4.79 Å². The quantitative estimate of drug-likeness (QED) is 0.438. The second-order valence-corrected chi connectivity index (χ2v) is 7.40. The van der Waals surface area contributed by atoms with Gasteiger partial charge in [-0.15, -0.1) is 0 Å². The van der Waals surface area contributed by atoms with Crippen LogP contribution in [-0.2, 0) is 24.4 Å². The lowest BCUT2D eigenvalue weighted by atomic mass is 10.1. The summed E-state index contributed by atoms with van der Waals surface area (Å²) in [7, 11) is 1.63. The van der Waals surface area contributed by atoms with E-state index in [-0.39, 0.29) is 5.91 Å². The fraction of sp³-hybridized carbons (Fsp3) is 0.308. The third kappa shape index (κ3) is 6.85. The second-order valence-electron chi connectivity index (χ2n) is 7.40. The van der Waals surface area contributed by atoms with Gasteiger partial charge in [-0.3, -0.25) is 9.78 Å². The summed E-state index contributed by atoms with van der Waals surface area (Å²) in [5.74, 6) is 1.51. The first-order valence-electron chi connectivity index (χ1n) is 10.7. The van der Waals surface area contributed by atoms with Crippen LogP contribution in [0.3, 0.4) is 0 Å². The Morgan fingerprint density at radius 3 is 2.48 bits per heavy atom. The lowest BCUT2D eigenvalue weighted by molar-refractivity contribution is -0.131. The van der Waals surface area contributed by atoms with Crippen molar-refractivity contribution in [2.45, 2.75) is 39.3 Å². The number of ether oxygens (including phenoxy) is 2. The van der Waals surface area contributed by atoms with E-state index in [1.807, 2.05) is 78.6 Å². The van der Waals surface area contributed by atoms with E-state index in [1.54, 1.807) is 13.3 Å². The van der Waals surface area contributed by atoms with Crippen LogP contribution in [0.4, 0.5) is 0 Å². The maximum absolute atomic E-state index is 12.7. The first-order valence-corrected chi connectivity index (χ1v) is 10.7. The van der Waals surface area contributed by atoms with Gasteiger partial charge in [-0.05, 0) is 41.8 Å². The molecule has 0 unspecified atom stereocenters. The molecule has 5 nitrogen and oxygen atoms in total. The highest BCUT2D eigenvalue weighted by atomic mass is 16.5. The molecule has 0 aliphatic carbocycles. The highest BCUT2D eigenvalue weighted by Gasteiger charge is 2.15. The lowest BCUT2D eigenvalue weighted by Crippen LogP contribution is -2.32. The minimum absolute atomic E-state index is 0.154. The van der Waals surface area contributed by atoms with E-state index in [2.05, 4.69) is 4.98 Å². The van der Waals surface area contributed by atoms with Gasteiger partial charge in [0.15, 0.2) is 11.5 Å². The zero-order valence-corrected chi connectivity index (χ0v) is 18.3. The first-order chi connectivity index (χ1) is 15.2. The number of amides is 1. The van der Waals surface area contributed by atoms with Gasteiger partial charge in [0.1, 0.15) is 6.61 Å². The molecule has 162 valence electrons. The molecule has 0 bridgehead atoms. The fourth-order valence-electron chi connectivity index (χ4n) is 3.34. The van der Waals surface area contributed by atoms with E-state index < -0.39 is 0 Å². The number of carbonyl (C=O) groups is 1. The largest absolute Gasteiger partial charge is 0.493 e. The van der Waals surface area contributed by atoms with E-state index in [4.69, 9.17) is 9.47 Å². The van der Waals surface area contributed by atoms with E-state index in [1.165, 1.54) is 0 Å². The van der Waals surface area contributed by atoms with E-state index in [0.29, 0.717) is 37.6 Å². The van der Waals surface area contributed by atoms with Crippen molar-refractivity contribution in [1.29, 1.82) is 0 Å². The van der Waals surface area contributed by atoms with Crippen LogP contribution in [-0.4, -0.2) is 29.4 Å². The summed E-state index contributed by atoms with van der Waals surface area (Å²) >= 11 is 0. The van der Waals surface area contributed by atoms with Crippen LogP contribution >= 0.6 is 0 Å². The van der Waals surface area contributed by atoms with Crippen LogP contribution in [0.25, 0.3) is 0 Å². The van der Waals surface area contributed by atoms with Gasteiger partial charge in [0.2, 0.25) is 5.91 Å². The molecule has 1 heterocycles. The van der Waals surface area contributed by atoms with Crippen molar-refractivity contribution < 1.29 is 14.3 Å². The number of aromatic nitrogens is 1. The van der Waals surface area contributed by atoms with Crippen LogP contribution in [0.1, 0.15) is 36.6 Å². The number of benzene rings is 2. The van der Waals surface area contributed by atoms with Gasteiger partial charge in [0.05, 0.1) is 7.11 Å². The van der Waals surface area contributed by atoms with Crippen LogP contribution in [0.2, 0.25) is 0 Å². The molecular weight excluding hydrogens is 388 g/mol. The molecule has 0 aliphatic rings. The molecule has 3 rings (SSSR count). The Balaban J connectivity index is 1.68. The van der Waals surface area contributed by atoms with E-state index >= 15 is 0 Å². The minimum atomic E-state index is 0.154. The summed E-state index contributed by atoms with van der Waals surface area (Å²) in [6, 6.07) is 21.7. The van der Waals surface area contributed by atoms with Crippen LogP contribution in [0.5, 0.6) is 11.5 Å². The summed E-state index contributed by atoms with van der Waals surface area (Å²) in [5.41, 5.74) is 3.09. The van der Waals surface area contributed by atoms with Gasteiger partial charge in [0, 0.05) is 37.8 Å². The molecule has 0 aliphatic heterocycles. The van der Waals surface area contributed by atoms with Crippen molar-refractivity contribution in [3.63, 3.8) is 0 Å². The van der Waals surface area contributed by atoms with Gasteiger partial charge in [-0.1, -0.05) is 49.4 Å². The average molecular weight is 419 g/mol. The maximum atomic E-state index is 12.7. The Morgan fingerprint density at radius 1 is 0.968 bits per heavy atom. The van der Waals surface area contributed by atoms with Gasteiger partial charge in [-0.2, -0.15) is 0 Å². The van der Waals surface area contributed by atoms with Crippen molar-refractivity contribution in [2.24, 2.45) is 0 Å². The molecule has 0 radical (unpaired) electrons. The number of carbonyl (C=O) groups excluding carboxylic acids is 1. The van der Waals surface area contributed by atoms with Crippen LogP contribution < -0.4 is 9.47 Å². The zero-order chi connectivity index (χ0) is 21.9. The Kier molecular flexibility index (Phi) is 8.47. The highest BCUT2D eigenvalue weighted by Crippen LogP contribution is 2.29. The fourth-order valence-corrected chi connectivity index (χ4v) is 3.34. The van der Waals surface area contributed by atoms with Crippen molar-refractivity contribution in [3.8, 4) is 11.5 Å². The molecule has 0 fully saturated rings. The van der Waals surface area contributed by atoms with Crippen LogP contribution in [0, 0.1) is 0 Å². The SMILES string of the molecule is CCCC(=O)N(CCc1ccccn1)Cc1ccc(OCc2ccccc2)c(OC)c1. The Bertz CT molecular complexity index is 945. The molecule has 3 aromatic rings. The maximum Gasteiger partial charge on any atom is 0.222 e. The lowest BCUT2D eigenvalue weighted by Gasteiger charge is -2.23. The average Bonchev–Trinajstić information content (AvgIpc) is 2.82. The normalized spacial score (nSPS) is 10.5. The summed E-state index contributed by atoms with van der Waals surface area (Å²) in [5, 5.41) is 0. The molecule has 0 saturated carbocycles. The van der Waals surface area contributed by atoms with Gasteiger partial charge >= 0.3 is 0 Å². The predicted octanol–water partition coefficient (Wildman–Crippen LogP) is 5.04. The molecule has 0 atom stereocenters. The number of hydrogen-bond donors (Lipinski definition) is 0. The van der Waals surface area contributed by atoms with Gasteiger partial charge in [-0.25, -0.2) is 0 Å². The molecule has 5 heteroatoms. The Morgan fingerprint density at radius 2 is 1.77 bits per heavy atom. The number of pyridine rings is 1. The number of nitrogens with zero attached hydrogens (tertiary/aromatic N) is 2. The van der Waals surface area contributed by atoms with E-state index in [0.717, 1.165) is 29.7 Å². The molecular formula is C26H30N2O3. The summed E-state index contributed by atoms with van der Waals surface area (Å²) in [6.07, 6.45) is 3.88. The third-order valence-corrected chi connectivity index (χ3v) is 5.02. The van der Waals surface area contributed by atoms with Gasteiger partial charge < -0.3 is 14.4 Å². The molecule has 0 spiro atoms. The van der Waals surface area contributed by atoms with Crippen molar-refractivity contribution in [1.82, 2.24) is 9.88 Å². The molecule has 31 heavy (non-hydrogen) atoms. The number of methoxy groups -OCH3 is 1. The molecule has 0 saturated heterocycles. The third-order valence-electron chi connectivity index (χ3n) is 5.02. The highest BCUT2D eigenvalue weighted by molar-refractivity contribution is 5.76. The monoisotopic (exact) mass is 418 g/mol. The molecule has 0 N–H and O–H groups in total. The summed E-state index contributed by atoms with van der Waals surface area (Å²) < 4.78 is 11.5. The second kappa shape index (κ2) is 11.7. The van der Waals surface area contributed by atoms with Crippen molar-refractivity contribution in [2.75, 3.05) is 13.7 Å². The molecule has 1 aromatic heterocycles. The predicted molar refractivity (Wildman–Crippen MR) is 122 cm³/mol. The summed E-state index contributed by atoms with van der Waals surface area (Å²) in [6.45, 7) is 3.66. The summed E-state index contributed by atoms with van der Waals surface area (Å²) in [4.78, 5) is 19.0. The first kappa shape index (κ1) is 22.3. The molecule has 2 aromatic carbocycles. The van der Waals surface area contributed by atoms with Crippen molar-refractivity contribution in [3.05, 3.63) is 89.7 Å². The Hall–Kier alpha value is -3.34. The molecule has 1 amide bonds. The minimum Gasteiger partial charge on any atom is -0.493 e. The number of hydrogen-bond acceptors (Lipinski definition) is 4. The zero-order valence-electron chi connectivity index (χ0n) is 18.3. The van der Waals surface area contributed by atoms with Gasteiger partial charge in [0.25, 0.3) is 0 Å². The van der Waals surface area contributed by atoms with Crippen LogP contribution in [0.15, 0.2) is 72.9 Å². The number of rotatable bonds is 11. The smallest absolute Gasteiger partial charge is 0.222 e. The van der Waals surface area contributed by atoms with Crippen molar-refractivity contribution >= 4 is 5.91 Å². The standard InChI is InChI=1S/C26H30N2O3/c1-3-9-26(29)28(17-15-23-12-7-8-16-27-23)19-22-13-14-24(25(18-22)30-2)31-20-21-10-5-4-6-11-21/h4-8,10-14,16,18H,3,9,15,17,19-20H2,1-2H3. The topological polar surface area (TPSA) is 51.7 Å². The Labute approximate surface area is 184 Å².